The summed E-state index contributed by atoms with van der Waals surface area (Å²) in [6, 6.07) is 4.17. The van der Waals surface area contributed by atoms with Gasteiger partial charge in [0.2, 0.25) is 5.88 Å². The number of nitrogens with zero attached hydrogens (tertiary/aromatic N) is 1. The number of rotatable bonds is 3. The first-order valence-electron chi connectivity index (χ1n) is 7.17. The van der Waals surface area contributed by atoms with Crippen molar-refractivity contribution in [1.82, 2.24) is 4.98 Å². The monoisotopic (exact) mass is 277 g/mol. The molecule has 1 aromatic heterocycles. The van der Waals surface area contributed by atoms with Crippen molar-refractivity contribution in [2.45, 2.75) is 60.1 Å². The molecule has 0 spiro atoms. The van der Waals surface area contributed by atoms with E-state index < -0.39 is 0 Å². The number of anilines is 2. The van der Waals surface area contributed by atoms with Crippen LogP contribution >= 0.6 is 0 Å². The zero-order valence-corrected chi connectivity index (χ0v) is 13.7. The molecule has 20 heavy (non-hydrogen) atoms. The van der Waals surface area contributed by atoms with Crippen molar-refractivity contribution in [2.24, 2.45) is 10.8 Å². The first-order valence-corrected chi connectivity index (χ1v) is 7.17. The number of pyridine rings is 1. The topological polar surface area (TPSA) is 60.2 Å². The van der Waals surface area contributed by atoms with Crippen molar-refractivity contribution < 1.29 is 4.74 Å². The number of hydrogen-bond acceptors (Lipinski definition) is 4. The third-order valence-corrected chi connectivity index (χ3v) is 4.61. The van der Waals surface area contributed by atoms with Gasteiger partial charge in [-0.2, -0.15) is 4.98 Å². The summed E-state index contributed by atoms with van der Waals surface area (Å²) >= 11 is 0. The predicted octanol–water partition coefficient (Wildman–Crippen LogP) is 3.69. The molecule has 4 nitrogen and oxygen atoms in total. The Labute approximate surface area is 122 Å². The zero-order chi connectivity index (χ0) is 15.3. The Hall–Kier alpha value is -1.45. The number of ether oxygens (including phenoxy) is 1. The summed E-state index contributed by atoms with van der Waals surface area (Å²) in [6.07, 6.45) is 0. The predicted molar refractivity (Wildman–Crippen MR) is 84.0 cm³/mol. The van der Waals surface area contributed by atoms with E-state index >= 15 is 0 Å². The molecule has 0 unspecified atom stereocenters. The van der Waals surface area contributed by atoms with Gasteiger partial charge in [-0.25, -0.2) is 0 Å². The molecule has 2 rings (SSSR count). The van der Waals surface area contributed by atoms with Crippen molar-refractivity contribution in [1.29, 1.82) is 0 Å². The minimum absolute atomic E-state index is 0.265. The largest absolute Gasteiger partial charge is 0.470 e. The van der Waals surface area contributed by atoms with Gasteiger partial charge >= 0.3 is 0 Å². The lowest BCUT2D eigenvalue weighted by Crippen LogP contribution is -2.24. The first-order chi connectivity index (χ1) is 8.95. The van der Waals surface area contributed by atoms with Crippen LogP contribution in [0.3, 0.4) is 0 Å². The van der Waals surface area contributed by atoms with Crippen molar-refractivity contribution in [3.63, 3.8) is 0 Å². The fourth-order valence-electron chi connectivity index (χ4n) is 2.61. The van der Waals surface area contributed by atoms with E-state index in [4.69, 9.17) is 10.5 Å². The Kier molecular flexibility index (Phi) is 3.19. The van der Waals surface area contributed by atoms with E-state index in [-0.39, 0.29) is 16.4 Å². The van der Waals surface area contributed by atoms with Gasteiger partial charge in [0.25, 0.3) is 0 Å². The van der Waals surface area contributed by atoms with Crippen molar-refractivity contribution in [3.05, 3.63) is 12.1 Å². The summed E-state index contributed by atoms with van der Waals surface area (Å²) in [5.74, 6) is 1.32. The molecule has 1 aromatic rings. The van der Waals surface area contributed by atoms with Gasteiger partial charge in [-0.05, 0) is 43.7 Å². The highest BCUT2D eigenvalue weighted by atomic mass is 16.5. The Morgan fingerprint density at radius 1 is 1.15 bits per heavy atom. The van der Waals surface area contributed by atoms with E-state index in [9.17, 15) is 0 Å². The quantitative estimate of drug-likeness (QED) is 0.884. The molecule has 1 heterocycles. The summed E-state index contributed by atoms with van der Waals surface area (Å²) in [4.78, 5) is 4.51. The summed E-state index contributed by atoms with van der Waals surface area (Å²) in [5, 5.41) is 3.50. The second-order valence-electron chi connectivity index (χ2n) is 7.83. The summed E-state index contributed by atoms with van der Waals surface area (Å²) < 4.78 is 5.80. The van der Waals surface area contributed by atoms with Crippen LogP contribution in [0.15, 0.2) is 12.1 Å². The minimum atomic E-state index is -0.308. The molecule has 112 valence electrons. The summed E-state index contributed by atoms with van der Waals surface area (Å²) in [6.45, 7) is 15.1. The molecule has 0 aromatic carbocycles. The summed E-state index contributed by atoms with van der Waals surface area (Å²) in [7, 11) is 0. The zero-order valence-electron chi connectivity index (χ0n) is 13.7. The molecule has 1 aliphatic rings. The lowest BCUT2D eigenvalue weighted by Gasteiger charge is -2.22. The maximum atomic E-state index is 5.93. The molecule has 0 radical (unpaired) electrons. The highest BCUT2D eigenvalue weighted by Crippen LogP contribution is 2.63. The van der Waals surface area contributed by atoms with Crippen LogP contribution in [-0.4, -0.2) is 16.6 Å². The van der Waals surface area contributed by atoms with Gasteiger partial charge in [0, 0.05) is 6.04 Å². The molecule has 3 N–H and O–H groups in total. The van der Waals surface area contributed by atoms with E-state index in [0.29, 0.717) is 17.6 Å². The van der Waals surface area contributed by atoms with Gasteiger partial charge < -0.3 is 15.8 Å². The van der Waals surface area contributed by atoms with E-state index in [2.05, 4.69) is 38.0 Å². The van der Waals surface area contributed by atoms with Gasteiger partial charge in [0.15, 0.2) is 0 Å². The van der Waals surface area contributed by atoms with Crippen LogP contribution in [-0.2, 0) is 0 Å². The molecule has 0 saturated heterocycles. The highest BCUT2D eigenvalue weighted by Gasteiger charge is 2.65. The normalized spacial score (nSPS) is 20.6. The molecule has 0 amide bonds. The number of aromatic nitrogens is 1. The maximum absolute atomic E-state index is 5.93. The van der Waals surface area contributed by atoms with Crippen LogP contribution in [0, 0.1) is 10.8 Å². The van der Waals surface area contributed by atoms with Gasteiger partial charge in [-0.3, -0.25) is 0 Å². The van der Waals surface area contributed by atoms with Crippen molar-refractivity contribution in [2.75, 3.05) is 11.1 Å². The van der Waals surface area contributed by atoms with E-state index in [1.165, 1.54) is 0 Å². The Balaban J connectivity index is 2.17. The van der Waals surface area contributed by atoms with Crippen LogP contribution in [0.5, 0.6) is 5.88 Å². The molecule has 0 aliphatic heterocycles. The number of hydrogen-bond donors (Lipinski definition) is 2. The fourth-order valence-corrected chi connectivity index (χ4v) is 2.61. The van der Waals surface area contributed by atoms with E-state index in [1.54, 1.807) is 0 Å². The fraction of sp³-hybridized carbons (Fsp3) is 0.688. The van der Waals surface area contributed by atoms with Crippen molar-refractivity contribution in [3.8, 4) is 5.88 Å². The molecule has 1 saturated carbocycles. The molecular formula is C16H27N3O. The SMILES string of the molecule is CC(C)(C)Oc1nc(NC2C(C)(C)C2(C)C)ccc1N. The van der Waals surface area contributed by atoms with Crippen LogP contribution in [0.4, 0.5) is 11.5 Å². The maximum Gasteiger partial charge on any atom is 0.239 e. The number of nitrogens with one attached hydrogen (secondary N) is 1. The minimum Gasteiger partial charge on any atom is -0.470 e. The van der Waals surface area contributed by atoms with Crippen LogP contribution in [0.1, 0.15) is 48.5 Å². The Morgan fingerprint density at radius 2 is 1.70 bits per heavy atom. The molecule has 1 aliphatic carbocycles. The van der Waals surface area contributed by atoms with Gasteiger partial charge in [-0.1, -0.05) is 27.7 Å². The Bertz CT molecular complexity index is 501. The second kappa shape index (κ2) is 4.27. The average Bonchev–Trinajstić information content (AvgIpc) is 2.64. The van der Waals surface area contributed by atoms with E-state index in [0.717, 1.165) is 5.82 Å². The third kappa shape index (κ3) is 2.56. The van der Waals surface area contributed by atoms with Gasteiger partial charge in [0.1, 0.15) is 11.4 Å². The van der Waals surface area contributed by atoms with E-state index in [1.807, 2.05) is 32.9 Å². The number of nitrogen functional groups attached to an aromatic ring is 1. The highest BCUT2D eigenvalue weighted by molar-refractivity contribution is 5.55. The molecule has 0 atom stereocenters. The number of nitrogens with two attached hydrogens (primary N) is 1. The lowest BCUT2D eigenvalue weighted by atomic mass is 10.0. The average molecular weight is 277 g/mol. The lowest BCUT2D eigenvalue weighted by molar-refractivity contribution is 0.125. The Morgan fingerprint density at radius 3 is 2.15 bits per heavy atom. The second-order valence-corrected chi connectivity index (χ2v) is 7.83. The third-order valence-electron chi connectivity index (χ3n) is 4.61. The van der Waals surface area contributed by atoms with Crippen molar-refractivity contribution >= 4 is 11.5 Å². The first kappa shape index (κ1) is 14.9. The molecule has 4 heteroatoms. The molecular weight excluding hydrogens is 250 g/mol. The van der Waals surface area contributed by atoms with Crippen LogP contribution in [0.2, 0.25) is 0 Å². The van der Waals surface area contributed by atoms with Crippen LogP contribution in [0.25, 0.3) is 0 Å². The van der Waals surface area contributed by atoms with Crippen LogP contribution < -0.4 is 15.8 Å². The molecule has 0 bridgehead atoms. The molecule has 1 fully saturated rings. The summed E-state index contributed by atoms with van der Waals surface area (Å²) in [5.41, 5.74) is 6.73. The standard InChI is InChI=1S/C16H27N3O/c1-14(2,3)20-12-10(17)8-9-11(18-12)19-13-15(4,5)16(13,6)7/h8-9,13H,17H2,1-7H3,(H,18,19). The van der Waals surface area contributed by atoms with Gasteiger partial charge in [-0.15, -0.1) is 0 Å². The smallest absolute Gasteiger partial charge is 0.239 e. The van der Waals surface area contributed by atoms with Gasteiger partial charge in [0.05, 0.1) is 5.69 Å².